The summed E-state index contributed by atoms with van der Waals surface area (Å²) in [7, 11) is 4.26. The quantitative estimate of drug-likeness (QED) is 0.873. The van der Waals surface area contributed by atoms with Crippen LogP contribution in [0.2, 0.25) is 0 Å². The van der Waals surface area contributed by atoms with Gasteiger partial charge >= 0.3 is 0 Å². The second kappa shape index (κ2) is 7.87. The molecule has 0 spiro atoms. The van der Waals surface area contributed by atoms with E-state index >= 15 is 0 Å². The standard InChI is InChI=1S/C17H27FN2O/c1-19(2)13-14-7-10-20(11-8-14)12-9-17(21)15-3-5-16(18)6-4-15/h3-6,14,17,21H,7-13H2,1-2H3. The highest BCUT2D eigenvalue weighted by atomic mass is 19.1. The van der Waals surface area contributed by atoms with Crippen LogP contribution in [0.4, 0.5) is 4.39 Å². The van der Waals surface area contributed by atoms with E-state index in [4.69, 9.17) is 0 Å². The van der Waals surface area contributed by atoms with Crippen molar-refractivity contribution in [1.29, 1.82) is 0 Å². The van der Waals surface area contributed by atoms with Crippen molar-refractivity contribution in [2.24, 2.45) is 5.92 Å². The first kappa shape index (κ1) is 16.4. The van der Waals surface area contributed by atoms with E-state index in [0.717, 1.165) is 31.1 Å². The van der Waals surface area contributed by atoms with E-state index in [1.54, 1.807) is 12.1 Å². The molecule has 1 fully saturated rings. The molecule has 3 nitrogen and oxygen atoms in total. The van der Waals surface area contributed by atoms with E-state index < -0.39 is 6.10 Å². The zero-order chi connectivity index (χ0) is 15.2. The zero-order valence-corrected chi connectivity index (χ0v) is 13.1. The van der Waals surface area contributed by atoms with Gasteiger partial charge in [0.25, 0.3) is 0 Å². The zero-order valence-electron chi connectivity index (χ0n) is 13.1. The van der Waals surface area contributed by atoms with E-state index in [1.165, 1.54) is 31.5 Å². The van der Waals surface area contributed by atoms with Gasteiger partial charge in [-0.15, -0.1) is 0 Å². The van der Waals surface area contributed by atoms with Crippen LogP contribution in [0.3, 0.4) is 0 Å². The molecule has 118 valence electrons. The van der Waals surface area contributed by atoms with Crippen molar-refractivity contribution in [1.82, 2.24) is 9.80 Å². The van der Waals surface area contributed by atoms with Crippen LogP contribution in [0.5, 0.6) is 0 Å². The van der Waals surface area contributed by atoms with Gasteiger partial charge in [0.15, 0.2) is 0 Å². The fourth-order valence-corrected chi connectivity index (χ4v) is 3.07. The lowest BCUT2D eigenvalue weighted by Crippen LogP contribution is -2.37. The molecule has 1 aliphatic rings. The fraction of sp³-hybridized carbons (Fsp3) is 0.647. The highest BCUT2D eigenvalue weighted by Gasteiger charge is 2.20. The Bertz CT molecular complexity index is 413. The Balaban J connectivity index is 1.70. The molecule has 0 bridgehead atoms. The maximum Gasteiger partial charge on any atom is 0.123 e. The van der Waals surface area contributed by atoms with E-state index in [9.17, 15) is 9.50 Å². The molecule has 1 saturated heterocycles. The average Bonchev–Trinajstić information content (AvgIpc) is 2.46. The maximum atomic E-state index is 12.9. The first-order chi connectivity index (χ1) is 10.0. The van der Waals surface area contributed by atoms with Crippen molar-refractivity contribution in [2.45, 2.75) is 25.4 Å². The van der Waals surface area contributed by atoms with Gasteiger partial charge < -0.3 is 14.9 Å². The molecular formula is C17H27FN2O. The molecule has 1 heterocycles. The number of benzene rings is 1. The highest BCUT2D eigenvalue weighted by Crippen LogP contribution is 2.21. The first-order valence-electron chi connectivity index (χ1n) is 7.85. The van der Waals surface area contributed by atoms with E-state index in [1.807, 2.05) is 0 Å². The molecule has 0 aromatic heterocycles. The summed E-state index contributed by atoms with van der Waals surface area (Å²) in [6.07, 6.45) is 2.70. The summed E-state index contributed by atoms with van der Waals surface area (Å²) in [5.41, 5.74) is 0.805. The molecule has 21 heavy (non-hydrogen) atoms. The van der Waals surface area contributed by atoms with Gasteiger partial charge in [-0.1, -0.05) is 12.1 Å². The molecule has 1 aromatic carbocycles. The van der Waals surface area contributed by atoms with Crippen molar-refractivity contribution in [3.8, 4) is 0 Å². The predicted molar refractivity (Wildman–Crippen MR) is 83.7 cm³/mol. The second-order valence-corrected chi connectivity index (χ2v) is 6.40. The topological polar surface area (TPSA) is 26.7 Å². The number of rotatable bonds is 6. The van der Waals surface area contributed by atoms with Crippen molar-refractivity contribution in [2.75, 3.05) is 40.3 Å². The van der Waals surface area contributed by atoms with Crippen LogP contribution >= 0.6 is 0 Å². The summed E-state index contributed by atoms with van der Waals surface area (Å²) in [4.78, 5) is 4.69. The Hall–Kier alpha value is -0.970. The molecule has 1 aromatic rings. The third-order valence-electron chi connectivity index (χ3n) is 4.30. The molecule has 1 unspecified atom stereocenters. The SMILES string of the molecule is CN(C)CC1CCN(CCC(O)c2ccc(F)cc2)CC1. The number of hydrogen-bond donors (Lipinski definition) is 1. The minimum absolute atomic E-state index is 0.256. The van der Waals surface area contributed by atoms with Crippen LogP contribution in [0.25, 0.3) is 0 Å². The third-order valence-corrected chi connectivity index (χ3v) is 4.30. The van der Waals surface area contributed by atoms with Crippen LogP contribution in [-0.4, -0.2) is 55.2 Å². The number of aliphatic hydroxyl groups excluding tert-OH is 1. The fourth-order valence-electron chi connectivity index (χ4n) is 3.07. The molecule has 2 rings (SSSR count). The van der Waals surface area contributed by atoms with E-state index in [0.29, 0.717) is 6.42 Å². The lowest BCUT2D eigenvalue weighted by atomic mass is 9.96. The van der Waals surface area contributed by atoms with Gasteiger partial charge in [-0.2, -0.15) is 0 Å². The van der Waals surface area contributed by atoms with Gasteiger partial charge in [0, 0.05) is 13.1 Å². The van der Waals surface area contributed by atoms with E-state index in [-0.39, 0.29) is 5.82 Å². The third kappa shape index (κ3) is 5.38. The monoisotopic (exact) mass is 294 g/mol. The van der Waals surface area contributed by atoms with Crippen LogP contribution in [0.1, 0.15) is 30.9 Å². The predicted octanol–water partition coefficient (Wildman–Crippen LogP) is 2.52. The molecule has 1 atom stereocenters. The van der Waals surface area contributed by atoms with Crippen LogP contribution < -0.4 is 0 Å². The van der Waals surface area contributed by atoms with Crippen molar-refractivity contribution in [3.63, 3.8) is 0 Å². The minimum Gasteiger partial charge on any atom is -0.388 e. The molecule has 0 aliphatic carbocycles. The van der Waals surface area contributed by atoms with Gasteiger partial charge in [-0.05, 0) is 70.1 Å². The molecule has 0 saturated carbocycles. The van der Waals surface area contributed by atoms with Gasteiger partial charge in [0.2, 0.25) is 0 Å². The number of hydrogen-bond acceptors (Lipinski definition) is 3. The first-order valence-corrected chi connectivity index (χ1v) is 7.85. The van der Waals surface area contributed by atoms with Gasteiger partial charge in [-0.25, -0.2) is 4.39 Å². The van der Waals surface area contributed by atoms with Gasteiger partial charge in [0.1, 0.15) is 5.82 Å². The van der Waals surface area contributed by atoms with Crippen molar-refractivity contribution in [3.05, 3.63) is 35.6 Å². The van der Waals surface area contributed by atoms with Gasteiger partial charge in [-0.3, -0.25) is 0 Å². The molecule has 1 N–H and O–H groups in total. The summed E-state index contributed by atoms with van der Waals surface area (Å²) in [6, 6.07) is 6.16. The summed E-state index contributed by atoms with van der Waals surface area (Å²) >= 11 is 0. The normalized spacial score (nSPS) is 19.1. The average molecular weight is 294 g/mol. The lowest BCUT2D eigenvalue weighted by Gasteiger charge is -2.33. The Morgan fingerprint density at radius 3 is 2.43 bits per heavy atom. The van der Waals surface area contributed by atoms with Crippen LogP contribution in [-0.2, 0) is 0 Å². The van der Waals surface area contributed by atoms with Crippen LogP contribution in [0, 0.1) is 11.7 Å². The summed E-state index contributed by atoms with van der Waals surface area (Å²) in [5.74, 6) is 0.548. The highest BCUT2D eigenvalue weighted by molar-refractivity contribution is 5.18. The Labute approximate surface area is 127 Å². The van der Waals surface area contributed by atoms with E-state index in [2.05, 4.69) is 23.9 Å². The largest absolute Gasteiger partial charge is 0.388 e. The number of halogens is 1. The summed E-state index contributed by atoms with van der Waals surface area (Å²) in [5, 5.41) is 10.2. The second-order valence-electron chi connectivity index (χ2n) is 6.40. The molecule has 4 heteroatoms. The maximum absolute atomic E-state index is 12.9. The minimum atomic E-state index is -0.495. The number of piperidine rings is 1. The molecular weight excluding hydrogens is 267 g/mol. The molecule has 0 radical (unpaired) electrons. The summed E-state index contributed by atoms with van der Waals surface area (Å²) < 4.78 is 12.9. The Morgan fingerprint density at radius 2 is 1.86 bits per heavy atom. The van der Waals surface area contributed by atoms with Gasteiger partial charge in [0.05, 0.1) is 6.10 Å². The van der Waals surface area contributed by atoms with Crippen molar-refractivity contribution < 1.29 is 9.50 Å². The molecule has 0 amide bonds. The smallest absolute Gasteiger partial charge is 0.123 e. The summed E-state index contributed by atoms with van der Waals surface area (Å²) in [6.45, 7) is 4.32. The number of likely N-dealkylation sites (tertiary alicyclic amines) is 1. The Morgan fingerprint density at radius 1 is 1.24 bits per heavy atom. The number of aliphatic hydroxyl groups is 1. The number of nitrogens with zero attached hydrogens (tertiary/aromatic N) is 2. The van der Waals surface area contributed by atoms with Crippen molar-refractivity contribution >= 4 is 0 Å². The Kier molecular flexibility index (Phi) is 6.15. The van der Waals surface area contributed by atoms with Crippen LogP contribution in [0.15, 0.2) is 24.3 Å². The lowest BCUT2D eigenvalue weighted by molar-refractivity contribution is 0.117. The molecule has 1 aliphatic heterocycles.